The maximum Gasteiger partial charge on any atom is 0.316 e. The van der Waals surface area contributed by atoms with E-state index in [1.807, 2.05) is 0 Å². The standard InChI is InChI=1S/C7H15O4P/c1-4-5(2)12(10,11)6(3)7(8)9/h5-6H,4H2,1-3H3,(H,8,9)(H,10,11). The van der Waals surface area contributed by atoms with Crippen LogP contribution >= 0.6 is 7.37 Å². The van der Waals surface area contributed by atoms with Crippen molar-refractivity contribution >= 4 is 13.3 Å². The first kappa shape index (κ1) is 11.7. The summed E-state index contributed by atoms with van der Waals surface area (Å²) in [7, 11) is -3.53. The Morgan fingerprint density at radius 2 is 1.92 bits per heavy atom. The van der Waals surface area contributed by atoms with Crippen molar-refractivity contribution in [2.24, 2.45) is 0 Å². The van der Waals surface area contributed by atoms with Gasteiger partial charge in [0.2, 0.25) is 7.37 Å². The van der Waals surface area contributed by atoms with E-state index >= 15 is 0 Å². The van der Waals surface area contributed by atoms with Crippen LogP contribution in [-0.4, -0.2) is 27.3 Å². The maximum atomic E-state index is 11.5. The molecule has 0 rings (SSSR count). The van der Waals surface area contributed by atoms with E-state index in [0.29, 0.717) is 6.42 Å². The highest BCUT2D eigenvalue weighted by atomic mass is 31.2. The zero-order valence-corrected chi connectivity index (χ0v) is 8.41. The fourth-order valence-electron chi connectivity index (χ4n) is 0.802. The van der Waals surface area contributed by atoms with Gasteiger partial charge in [0, 0.05) is 5.66 Å². The average molecular weight is 194 g/mol. The summed E-state index contributed by atoms with van der Waals surface area (Å²) in [6, 6.07) is 0. The average Bonchev–Trinajstić information content (AvgIpc) is 2.01. The molecule has 0 aliphatic heterocycles. The largest absolute Gasteiger partial charge is 0.481 e. The van der Waals surface area contributed by atoms with Crippen LogP contribution in [0.25, 0.3) is 0 Å². The van der Waals surface area contributed by atoms with Crippen LogP contribution in [0.3, 0.4) is 0 Å². The molecule has 0 aliphatic rings. The lowest BCUT2D eigenvalue weighted by molar-refractivity contribution is -0.136. The van der Waals surface area contributed by atoms with Crippen LogP contribution in [0.15, 0.2) is 0 Å². The molecule has 12 heavy (non-hydrogen) atoms. The molecule has 0 saturated carbocycles. The quantitative estimate of drug-likeness (QED) is 0.665. The lowest BCUT2D eigenvalue weighted by Gasteiger charge is -2.20. The first-order chi connectivity index (χ1) is 5.34. The summed E-state index contributed by atoms with van der Waals surface area (Å²) in [6.07, 6.45) is 0.519. The molecule has 0 spiro atoms. The van der Waals surface area contributed by atoms with Gasteiger partial charge in [0.1, 0.15) is 5.66 Å². The molecule has 0 aliphatic carbocycles. The Morgan fingerprint density at radius 3 is 2.17 bits per heavy atom. The van der Waals surface area contributed by atoms with Gasteiger partial charge in [-0.15, -0.1) is 0 Å². The highest BCUT2D eigenvalue weighted by Crippen LogP contribution is 2.52. The van der Waals surface area contributed by atoms with Gasteiger partial charge in [-0.2, -0.15) is 0 Å². The van der Waals surface area contributed by atoms with Crippen LogP contribution in [0.2, 0.25) is 0 Å². The smallest absolute Gasteiger partial charge is 0.316 e. The predicted octanol–water partition coefficient (Wildman–Crippen LogP) is 1.53. The number of rotatable bonds is 4. The number of carbonyl (C=O) groups is 1. The van der Waals surface area contributed by atoms with Crippen LogP contribution in [-0.2, 0) is 9.36 Å². The number of carboxylic acids is 1. The summed E-state index contributed by atoms with van der Waals surface area (Å²) in [5.41, 5.74) is -1.60. The molecule has 3 atom stereocenters. The second kappa shape index (κ2) is 4.06. The topological polar surface area (TPSA) is 74.6 Å². The lowest BCUT2D eigenvalue weighted by Crippen LogP contribution is -2.21. The third-order valence-electron chi connectivity index (χ3n) is 2.13. The van der Waals surface area contributed by atoms with Gasteiger partial charge in [0.05, 0.1) is 0 Å². The van der Waals surface area contributed by atoms with Gasteiger partial charge in [-0.3, -0.25) is 9.36 Å². The van der Waals surface area contributed by atoms with E-state index in [-0.39, 0.29) is 0 Å². The summed E-state index contributed by atoms with van der Waals surface area (Å²) in [5.74, 6) is -1.21. The normalized spacial score (nSPS) is 21.0. The minimum atomic E-state index is -3.53. The van der Waals surface area contributed by atoms with E-state index in [1.165, 1.54) is 6.92 Å². The summed E-state index contributed by atoms with van der Waals surface area (Å²) in [4.78, 5) is 19.8. The van der Waals surface area contributed by atoms with E-state index in [2.05, 4.69) is 0 Å². The fourth-order valence-corrected chi connectivity index (χ4v) is 2.40. The molecule has 0 fully saturated rings. The highest BCUT2D eigenvalue weighted by molar-refractivity contribution is 7.60. The first-order valence-corrected chi connectivity index (χ1v) is 5.68. The number of carboxylic acid groups (broad SMARTS) is 1. The van der Waals surface area contributed by atoms with Gasteiger partial charge in [-0.1, -0.05) is 13.8 Å². The Kier molecular flexibility index (Phi) is 3.94. The Bertz CT molecular complexity index is 213. The van der Waals surface area contributed by atoms with Gasteiger partial charge in [-0.25, -0.2) is 0 Å². The molecule has 0 amide bonds. The van der Waals surface area contributed by atoms with E-state index in [1.54, 1.807) is 13.8 Å². The molecule has 0 heterocycles. The van der Waals surface area contributed by atoms with Gasteiger partial charge in [-0.05, 0) is 13.3 Å². The van der Waals surface area contributed by atoms with Crippen LogP contribution in [0.5, 0.6) is 0 Å². The first-order valence-electron chi connectivity index (χ1n) is 3.89. The SMILES string of the molecule is CCC(C)P(=O)(O)C(C)C(=O)O. The van der Waals surface area contributed by atoms with Crippen molar-refractivity contribution in [2.45, 2.75) is 38.5 Å². The van der Waals surface area contributed by atoms with Crippen LogP contribution in [0.4, 0.5) is 0 Å². The third kappa shape index (κ3) is 2.32. The van der Waals surface area contributed by atoms with Crippen molar-refractivity contribution in [3.05, 3.63) is 0 Å². The second-order valence-electron chi connectivity index (χ2n) is 2.94. The molecule has 3 unspecified atom stereocenters. The lowest BCUT2D eigenvalue weighted by atomic mass is 10.4. The third-order valence-corrected chi connectivity index (χ3v) is 5.09. The van der Waals surface area contributed by atoms with Crippen molar-refractivity contribution in [1.82, 2.24) is 0 Å². The molecular weight excluding hydrogens is 179 g/mol. The monoisotopic (exact) mass is 194 g/mol. The van der Waals surface area contributed by atoms with Gasteiger partial charge < -0.3 is 10.00 Å². The van der Waals surface area contributed by atoms with Gasteiger partial charge >= 0.3 is 5.97 Å². The minimum absolute atomic E-state index is 0.441. The minimum Gasteiger partial charge on any atom is -0.481 e. The molecular formula is C7H15O4P. The molecule has 0 aromatic carbocycles. The van der Waals surface area contributed by atoms with Crippen LogP contribution in [0.1, 0.15) is 27.2 Å². The Balaban J connectivity index is 4.61. The Labute approximate surface area is 72.1 Å². The van der Waals surface area contributed by atoms with E-state index in [4.69, 9.17) is 5.11 Å². The highest BCUT2D eigenvalue weighted by Gasteiger charge is 2.36. The molecule has 4 nitrogen and oxygen atoms in total. The molecule has 0 bridgehead atoms. The molecule has 72 valence electrons. The Morgan fingerprint density at radius 1 is 1.50 bits per heavy atom. The van der Waals surface area contributed by atoms with Gasteiger partial charge in [0.25, 0.3) is 0 Å². The van der Waals surface area contributed by atoms with Crippen LogP contribution < -0.4 is 0 Å². The summed E-state index contributed by atoms with van der Waals surface area (Å²) in [6.45, 7) is 4.64. The molecule has 0 aromatic rings. The fraction of sp³-hybridized carbons (Fsp3) is 0.857. The van der Waals surface area contributed by atoms with Crippen molar-refractivity contribution < 1.29 is 19.4 Å². The summed E-state index contributed by atoms with van der Waals surface area (Å²) in [5, 5.41) is 8.53. The number of hydrogen-bond acceptors (Lipinski definition) is 2. The van der Waals surface area contributed by atoms with Crippen molar-refractivity contribution in [1.29, 1.82) is 0 Å². The number of hydrogen-bond donors (Lipinski definition) is 2. The summed E-state index contributed by atoms with van der Waals surface area (Å²) >= 11 is 0. The molecule has 0 radical (unpaired) electrons. The van der Waals surface area contributed by atoms with Crippen molar-refractivity contribution in [3.8, 4) is 0 Å². The van der Waals surface area contributed by atoms with E-state index < -0.39 is 24.7 Å². The Hall–Kier alpha value is -0.340. The molecule has 0 saturated heterocycles. The maximum absolute atomic E-state index is 11.5. The van der Waals surface area contributed by atoms with Crippen LogP contribution in [0, 0.1) is 0 Å². The second-order valence-corrected chi connectivity index (χ2v) is 5.95. The van der Waals surface area contributed by atoms with Crippen molar-refractivity contribution in [3.63, 3.8) is 0 Å². The molecule has 2 N–H and O–H groups in total. The molecule has 0 aromatic heterocycles. The van der Waals surface area contributed by atoms with E-state index in [0.717, 1.165) is 0 Å². The predicted molar refractivity (Wildman–Crippen MR) is 46.7 cm³/mol. The molecule has 5 heteroatoms. The zero-order chi connectivity index (χ0) is 9.94. The number of aliphatic carboxylic acids is 1. The van der Waals surface area contributed by atoms with Crippen molar-refractivity contribution in [2.75, 3.05) is 0 Å². The van der Waals surface area contributed by atoms with E-state index in [9.17, 15) is 14.3 Å². The zero-order valence-electron chi connectivity index (χ0n) is 7.52. The summed E-state index contributed by atoms with van der Waals surface area (Å²) < 4.78 is 11.5. The van der Waals surface area contributed by atoms with Gasteiger partial charge in [0.15, 0.2) is 0 Å².